The van der Waals surface area contributed by atoms with Gasteiger partial charge in [0.2, 0.25) is 0 Å². The number of ketones is 1. The van der Waals surface area contributed by atoms with E-state index in [2.05, 4.69) is 50.1 Å². The van der Waals surface area contributed by atoms with Crippen LogP contribution in [0.3, 0.4) is 0 Å². The molecule has 0 heterocycles. The molecule has 19 heavy (non-hydrogen) atoms. The topological polar surface area (TPSA) is 17.1 Å². The van der Waals surface area contributed by atoms with E-state index in [-0.39, 0.29) is 5.78 Å². The maximum Gasteiger partial charge on any atom is 0.168 e. The lowest BCUT2D eigenvalue weighted by Gasteiger charge is -2.08. The van der Waals surface area contributed by atoms with E-state index < -0.39 is 0 Å². The first-order chi connectivity index (χ1) is 8.97. The van der Waals surface area contributed by atoms with E-state index in [1.54, 1.807) is 0 Å². The van der Waals surface area contributed by atoms with Crippen LogP contribution in [-0.2, 0) is 6.42 Å². The SMILES string of the molecule is Cc1ccc(C)c(CC(=O)c2ccc(Br)cc2Br)c1. The lowest BCUT2D eigenvalue weighted by molar-refractivity contribution is 0.0992. The molecule has 2 aromatic rings. The molecule has 0 unspecified atom stereocenters. The summed E-state index contributed by atoms with van der Waals surface area (Å²) in [6.07, 6.45) is 0.438. The van der Waals surface area contributed by atoms with E-state index >= 15 is 0 Å². The first kappa shape index (κ1) is 14.5. The molecule has 1 nitrogen and oxygen atoms in total. The highest BCUT2D eigenvalue weighted by Crippen LogP contribution is 2.24. The van der Waals surface area contributed by atoms with Crippen LogP contribution in [0.4, 0.5) is 0 Å². The van der Waals surface area contributed by atoms with Gasteiger partial charge in [-0.05, 0) is 43.2 Å². The molecule has 0 aliphatic carbocycles. The zero-order chi connectivity index (χ0) is 14.0. The minimum Gasteiger partial charge on any atom is -0.294 e. The van der Waals surface area contributed by atoms with Crippen molar-refractivity contribution in [2.45, 2.75) is 20.3 Å². The highest BCUT2D eigenvalue weighted by Gasteiger charge is 2.12. The van der Waals surface area contributed by atoms with Gasteiger partial charge >= 0.3 is 0 Å². The number of rotatable bonds is 3. The van der Waals surface area contributed by atoms with E-state index in [0.717, 1.165) is 25.6 Å². The highest BCUT2D eigenvalue weighted by molar-refractivity contribution is 9.11. The smallest absolute Gasteiger partial charge is 0.168 e. The van der Waals surface area contributed by atoms with E-state index in [1.807, 2.05) is 32.0 Å². The second-order valence-electron chi connectivity index (χ2n) is 4.65. The van der Waals surface area contributed by atoms with Gasteiger partial charge in [-0.3, -0.25) is 4.79 Å². The molecule has 0 spiro atoms. The molecule has 3 heteroatoms. The van der Waals surface area contributed by atoms with Gasteiger partial charge in [-0.15, -0.1) is 0 Å². The molecule has 2 aromatic carbocycles. The highest BCUT2D eigenvalue weighted by atomic mass is 79.9. The second kappa shape index (κ2) is 6.02. The Morgan fingerprint density at radius 1 is 1.05 bits per heavy atom. The van der Waals surface area contributed by atoms with Crippen LogP contribution >= 0.6 is 31.9 Å². The summed E-state index contributed by atoms with van der Waals surface area (Å²) in [4.78, 5) is 12.4. The Morgan fingerprint density at radius 3 is 2.47 bits per heavy atom. The van der Waals surface area contributed by atoms with Crippen LogP contribution in [0, 0.1) is 13.8 Å². The van der Waals surface area contributed by atoms with Crippen molar-refractivity contribution in [3.8, 4) is 0 Å². The predicted octanol–water partition coefficient (Wildman–Crippen LogP) is 5.25. The number of halogens is 2. The molecule has 98 valence electrons. The van der Waals surface area contributed by atoms with Crippen molar-refractivity contribution in [1.82, 2.24) is 0 Å². The third kappa shape index (κ3) is 3.54. The number of Topliss-reactive ketones (excluding diaryl/α,β-unsaturated/α-hetero) is 1. The van der Waals surface area contributed by atoms with Crippen molar-refractivity contribution < 1.29 is 4.79 Å². The summed E-state index contributed by atoms with van der Waals surface area (Å²) in [6, 6.07) is 11.9. The van der Waals surface area contributed by atoms with Gasteiger partial charge in [-0.2, -0.15) is 0 Å². The third-order valence-corrected chi connectivity index (χ3v) is 4.24. The molecular formula is C16H14Br2O. The normalized spacial score (nSPS) is 10.5. The van der Waals surface area contributed by atoms with Crippen LogP contribution in [-0.4, -0.2) is 5.78 Å². The molecule has 0 saturated carbocycles. The molecule has 0 aliphatic heterocycles. The van der Waals surface area contributed by atoms with Gasteiger partial charge < -0.3 is 0 Å². The van der Waals surface area contributed by atoms with Crippen LogP contribution in [0.5, 0.6) is 0 Å². The van der Waals surface area contributed by atoms with Crippen LogP contribution in [0.15, 0.2) is 45.3 Å². The van der Waals surface area contributed by atoms with E-state index in [1.165, 1.54) is 5.56 Å². The molecule has 2 rings (SSSR count). The number of carbonyl (C=O) groups is 1. The van der Waals surface area contributed by atoms with Crippen molar-refractivity contribution in [1.29, 1.82) is 0 Å². The Morgan fingerprint density at radius 2 is 1.79 bits per heavy atom. The average molecular weight is 382 g/mol. The molecule has 0 bridgehead atoms. The van der Waals surface area contributed by atoms with E-state index in [0.29, 0.717) is 6.42 Å². The first-order valence-corrected chi connectivity index (χ1v) is 7.60. The number of hydrogen-bond acceptors (Lipinski definition) is 1. The minimum absolute atomic E-state index is 0.132. The average Bonchev–Trinajstić information content (AvgIpc) is 2.33. The summed E-state index contributed by atoms with van der Waals surface area (Å²) in [5, 5.41) is 0. The molecule has 0 saturated heterocycles. The second-order valence-corrected chi connectivity index (χ2v) is 6.42. The molecule has 0 N–H and O–H groups in total. The van der Waals surface area contributed by atoms with Gasteiger partial charge in [0.15, 0.2) is 5.78 Å². The maximum absolute atomic E-state index is 12.4. The van der Waals surface area contributed by atoms with Gasteiger partial charge in [0.25, 0.3) is 0 Å². The minimum atomic E-state index is 0.132. The summed E-state index contributed by atoms with van der Waals surface area (Å²) in [6.45, 7) is 4.08. The van der Waals surface area contributed by atoms with E-state index in [4.69, 9.17) is 0 Å². The fraction of sp³-hybridized carbons (Fsp3) is 0.188. The Labute approximate surface area is 130 Å². The summed E-state index contributed by atoms with van der Waals surface area (Å²) in [5.74, 6) is 0.132. The summed E-state index contributed by atoms with van der Waals surface area (Å²) < 4.78 is 1.79. The van der Waals surface area contributed by atoms with Crippen molar-refractivity contribution in [2.75, 3.05) is 0 Å². The van der Waals surface area contributed by atoms with Gasteiger partial charge in [-0.25, -0.2) is 0 Å². The van der Waals surface area contributed by atoms with Crippen molar-refractivity contribution in [2.24, 2.45) is 0 Å². The molecule has 0 fully saturated rings. The predicted molar refractivity (Wildman–Crippen MR) is 85.8 cm³/mol. The number of hydrogen-bond donors (Lipinski definition) is 0. The molecule has 0 atom stereocenters. The molecule has 0 aromatic heterocycles. The molecule has 0 aliphatic rings. The number of benzene rings is 2. The number of aryl methyl sites for hydroxylation is 2. The quantitative estimate of drug-likeness (QED) is 0.663. The van der Waals surface area contributed by atoms with Gasteiger partial charge in [0.1, 0.15) is 0 Å². The van der Waals surface area contributed by atoms with Crippen molar-refractivity contribution in [3.05, 3.63) is 67.6 Å². The number of carbonyl (C=O) groups excluding carboxylic acids is 1. The van der Waals surface area contributed by atoms with Gasteiger partial charge in [0, 0.05) is 20.9 Å². The Balaban J connectivity index is 2.28. The summed E-state index contributed by atoms with van der Waals surface area (Å²) in [5.41, 5.74) is 4.17. The third-order valence-electron chi connectivity index (χ3n) is 3.09. The van der Waals surface area contributed by atoms with Crippen molar-refractivity contribution >= 4 is 37.6 Å². The molecule has 0 amide bonds. The van der Waals surface area contributed by atoms with Crippen molar-refractivity contribution in [3.63, 3.8) is 0 Å². The fourth-order valence-electron chi connectivity index (χ4n) is 1.97. The standard InChI is InChI=1S/C16H14Br2O/c1-10-3-4-11(2)12(7-10)8-16(19)14-6-5-13(17)9-15(14)18/h3-7,9H,8H2,1-2H3. The summed E-state index contributed by atoms with van der Waals surface area (Å²) in [7, 11) is 0. The Bertz CT molecular complexity index is 633. The zero-order valence-corrected chi connectivity index (χ0v) is 14.0. The largest absolute Gasteiger partial charge is 0.294 e. The lowest BCUT2D eigenvalue weighted by atomic mass is 9.98. The van der Waals surface area contributed by atoms with Crippen LogP contribution in [0.1, 0.15) is 27.0 Å². The van der Waals surface area contributed by atoms with E-state index in [9.17, 15) is 4.79 Å². The molecular weight excluding hydrogens is 368 g/mol. The zero-order valence-electron chi connectivity index (χ0n) is 10.8. The van der Waals surface area contributed by atoms with Crippen LogP contribution in [0.2, 0.25) is 0 Å². The van der Waals surface area contributed by atoms with Crippen LogP contribution < -0.4 is 0 Å². The first-order valence-electron chi connectivity index (χ1n) is 6.02. The maximum atomic E-state index is 12.4. The fourth-order valence-corrected chi connectivity index (χ4v) is 3.24. The Kier molecular flexibility index (Phi) is 4.58. The monoisotopic (exact) mass is 380 g/mol. The lowest BCUT2D eigenvalue weighted by Crippen LogP contribution is -2.06. The van der Waals surface area contributed by atoms with Gasteiger partial charge in [0.05, 0.1) is 0 Å². The van der Waals surface area contributed by atoms with Crippen LogP contribution in [0.25, 0.3) is 0 Å². The Hall–Kier alpha value is -0.930. The summed E-state index contributed by atoms with van der Waals surface area (Å²) >= 11 is 6.84. The van der Waals surface area contributed by atoms with Gasteiger partial charge in [-0.1, -0.05) is 55.6 Å². The molecule has 0 radical (unpaired) electrons.